The van der Waals surface area contributed by atoms with Gasteiger partial charge in [0, 0.05) is 12.0 Å². The van der Waals surface area contributed by atoms with Crippen LogP contribution in [-0.4, -0.2) is 53.5 Å². The van der Waals surface area contributed by atoms with Gasteiger partial charge in [-0.2, -0.15) is 18.3 Å². The molecule has 0 bridgehead atoms. The van der Waals surface area contributed by atoms with Crippen LogP contribution in [0, 0.1) is 0 Å². The number of nitrogens with zero attached hydrogens (tertiary/aromatic N) is 7. The van der Waals surface area contributed by atoms with Crippen LogP contribution >= 0.6 is 0 Å². The molecule has 0 spiro atoms. The molecule has 1 fully saturated rings. The number of ether oxygens (including phenoxy) is 2. The Morgan fingerprint density at radius 2 is 1.85 bits per heavy atom. The molecule has 0 unspecified atom stereocenters. The van der Waals surface area contributed by atoms with E-state index >= 15 is 0 Å². The lowest BCUT2D eigenvalue weighted by atomic mass is 10.1. The third-order valence-corrected chi connectivity index (χ3v) is 6.43. The molecule has 200 valence electrons. The van der Waals surface area contributed by atoms with Crippen LogP contribution < -0.4 is 15.2 Å². The van der Waals surface area contributed by atoms with E-state index in [-0.39, 0.29) is 24.0 Å². The molecule has 11 nitrogen and oxygen atoms in total. The lowest BCUT2D eigenvalue weighted by Gasteiger charge is -2.11. The second-order valence-electron chi connectivity index (χ2n) is 9.01. The standard InChI is InChI=1S/C25H21F3N8O3/c1-38-18-9-17(25(26,27)28)34-36(18)15-7-3-13(4-8-15)11-35-22-16(32-24(35)37)10-29-21(33-22)19-20(14-5-6-14)30-12-31-23(19)39-2/h3-4,7-10,12,14H,5-6,11H2,1-2H3,(H,32,37). The normalized spacial score (nSPS) is 13.7. The summed E-state index contributed by atoms with van der Waals surface area (Å²) in [6.07, 6.45) is 0.382. The highest BCUT2D eigenvalue weighted by Gasteiger charge is 2.35. The number of aromatic amines is 1. The van der Waals surface area contributed by atoms with E-state index in [0.29, 0.717) is 39.7 Å². The summed E-state index contributed by atoms with van der Waals surface area (Å²) < 4.78 is 52.4. The van der Waals surface area contributed by atoms with E-state index in [1.165, 1.54) is 31.3 Å². The topological polar surface area (TPSA) is 126 Å². The second kappa shape index (κ2) is 9.22. The van der Waals surface area contributed by atoms with Crippen molar-refractivity contribution >= 4 is 11.2 Å². The number of hydrogen-bond donors (Lipinski definition) is 1. The number of halogens is 3. The minimum absolute atomic E-state index is 0.0574. The monoisotopic (exact) mass is 538 g/mol. The average Bonchev–Trinajstić information content (AvgIpc) is 3.60. The van der Waals surface area contributed by atoms with Crippen molar-refractivity contribution in [3.8, 4) is 28.8 Å². The third kappa shape index (κ3) is 4.47. The second-order valence-corrected chi connectivity index (χ2v) is 9.01. The molecule has 14 heteroatoms. The van der Waals surface area contributed by atoms with Gasteiger partial charge in [0.25, 0.3) is 0 Å². The molecule has 4 aromatic heterocycles. The largest absolute Gasteiger partial charge is 0.481 e. The van der Waals surface area contributed by atoms with E-state index in [1.807, 2.05) is 0 Å². The van der Waals surface area contributed by atoms with Crippen LogP contribution in [0.15, 0.2) is 47.7 Å². The molecule has 1 saturated carbocycles. The molecule has 1 aliphatic carbocycles. The molecular formula is C25H21F3N8O3. The van der Waals surface area contributed by atoms with Crippen LogP contribution in [0.4, 0.5) is 13.2 Å². The van der Waals surface area contributed by atoms with E-state index in [1.54, 1.807) is 24.3 Å². The maximum Gasteiger partial charge on any atom is 0.435 e. The van der Waals surface area contributed by atoms with Crippen LogP contribution in [0.1, 0.15) is 35.7 Å². The molecule has 0 amide bonds. The fourth-order valence-corrected chi connectivity index (χ4v) is 4.38. The summed E-state index contributed by atoms with van der Waals surface area (Å²) in [5.74, 6) is 0.923. The Labute approximate surface area is 218 Å². The molecule has 1 aliphatic rings. The quantitative estimate of drug-likeness (QED) is 0.332. The number of rotatable bonds is 7. The zero-order valence-electron chi connectivity index (χ0n) is 20.7. The number of alkyl halides is 3. The molecule has 1 N–H and O–H groups in total. The van der Waals surface area contributed by atoms with Gasteiger partial charge in [-0.15, -0.1) is 0 Å². The lowest BCUT2D eigenvalue weighted by molar-refractivity contribution is -0.141. The first-order chi connectivity index (χ1) is 18.8. The zero-order chi connectivity index (χ0) is 27.3. The first-order valence-corrected chi connectivity index (χ1v) is 11.9. The number of H-pyrrole nitrogens is 1. The predicted octanol–water partition coefficient (Wildman–Crippen LogP) is 3.72. The number of methoxy groups -OCH3 is 2. The highest BCUT2D eigenvalue weighted by Crippen LogP contribution is 2.44. The van der Waals surface area contributed by atoms with Crippen molar-refractivity contribution in [1.82, 2.24) is 39.3 Å². The van der Waals surface area contributed by atoms with Gasteiger partial charge in [-0.05, 0) is 30.5 Å². The summed E-state index contributed by atoms with van der Waals surface area (Å²) in [6, 6.07) is 7.41. The Balaban J connectivity index is 1.35. The molecule has 0 saturated heterocycles. The van der Waals surface area contributed by atoms with Crippen molar-refractivity contribution < 1.29 is 22.6 Å². The van der Waals surface area contributed by atoms with Crippen molar-refractivity contribution in [2.75, 3.05) is 14.2 Å². The van der Waals surface area contributed by atoms with Gasteiger partial charge < -0.3 is 14.5 Å². The number of nitrogens with one attached hydrogen (secondary N) is 1. The average molecular weight is 538 g/mol. The maximum absolute atomic E-state index is 13.1. The van der Waals surface area contributed by atoms with E-state index in [9.17, 15) is 18.0 Å². The smallest absolute Gasteiger partial charge is 0.435 e. The predicted molar refractivity (Wildman–Crippen MR) is 132 cm³/mol. The highest BCUT2D eigenvalue weighted by atomic mass is 19.4. The van der Waals surface area contributed by atoms with Crippen LogP contribution in [0.5, 0.6) is 11.8 Å². The molecule has 0 aliphatic heterocycles. The Morgan fingerprint density at radius 1 is 1.08 bits per heavy atom. The van der Waals surface area contributed by atoms with E-state index in [2.05, 4.69) is 30.0 Å². The Kier molecular flexibility index (Phi) is 5.81. The molecular weight excluding hydrogens is 517 g/mol. The Hall–Kier alpha value is -4.75. The zero-order valence-corrected chi connectivity index (χ0v) is 20.7. The van der Waals surface area contributed by atoms with Gasteiger partial charge >= 0.3 is 11.9 Å². The molecule has 0 atom stereocenters. The summed E-state index contributed by atoms with van der Waals surface area (Å²) in [5.41, 5.74) is 1.87. The van der Waals surface area contributed by atoms with Gasteiger partial charge in [0.15, 0.2) is 17.2 Å². The summed E-state index contributed by atoms with van der Waals surface area (Å²) in [7, 11) is 2.78. The van der Waals surface area contributed by atoms with E-state index in [0.717, 1.165) is 29.3 Å². The minimum atomic E-state index is -4.61. The molecule has 39 heavy (non-hydrogen) atoms. The summed E-state index contributed by atoms with van der Waals surface area (Å²) in [4.78, 5) is 33.3. The van der Waals surface area contributed by atoms with Gasteiger partial charge in [-0.25, -0.2) is 29.4 Å². The first-order valence-electron chi connectivity index (χ1n) is 11.9. The molecule has 5 aromatic rings. The Morgan fingerprint density at radius 3 is 2.51 bits per heavy atom. The number of imidazole rings is 1. The van der Waals surface area contributed by atoms with Crippen molar-refractivity contribution in [2.24, 2.45) is 0 Å². The van der Waals surface area contributed by atoms with Crippen molar-refractivity contribution in [1.29, 1.82) is 0 Å². The summed E-state index contributed by atoms with van der Waals surface area (Å²) >= 11 is 0. The number of hydrogen-bond acceptors (Lipinski definition) is 8. The van der Waals surface area contributed by atoms with Crippen LogP contribution in [0.2, 0.25) is 0 Å². The van der Waals surface area contributed by atoms with Gasteiger partial charge in [-0.3, -0.25) is 4.57 Å². The van der Waals surface area contributed by atoms with Crippen molar-refractivity contribution in [2.45, 2.75) is 31.5 Å². The van der Waals surface area contributed by atoms with E-state index in [4.69, 9.17) is 9.47 Å². The SMILES string of the molecule is COc1ncnc(C2CC2)c1-c1ncc2[nH]c(=O)n(Cc3ccc(-n4nc(C(F)(F)F)cc4OC)cc3)c2n1. The number of aromatic nitrogens is 8. The molecule has 1 aromatic carbocycles. The maximum atomic E-state index is 13.1. The van der Waals surface area contributed by atoms with Crippen LogP contribution in [0.25, 0.3) is 28.2 Å². The summed E-state index contributed by atoms with van der Waals surface area (Å²) in [6.45, 7) is 0.150. The van der Waals surface area contributed by atoms with Crippen molar-refractivity contribution in [3.63, 3.8) is 0 Å². The van der Waals surface area contributed by atoms with Crippen molar-refractivity contribution in [3.05, 3.63) is 70.3 Å². The van der Waals surface area contributed by atoms with Gasteiger partial charge in [0.2, 0.25) is 11.8 Å². The fraction of sp³-hybridized carbons (Fsp3) is 0.280. The number of benzene rings is 1. The van der Waals surface area contributed by atoms with Crippen LogP contribution in [0.3, 0.4) is 0 Å². The molecule has 0 radical (unpaired) electrons. The van der Waals surface area contributed by atoms with Gasteiger partial charge in [0.1, 0.15) is 17.4 Å². The van der Waals surface area contributed by atoms with Crippen LogP contribution in [-0.2, 0) is 12.7 Å². The first kappa shape index (κ1) is 24.6. The fourth-order valence-electron chi connectivity index (χ4n) is 4.38. The number of fused-ring (bicyclic) bond motifs is 1. The Bertz CT molecular complexity index is 1740. The summed E-state index contributed by atoms with van der Waals surface area (Å²) in [5, 5.41) is 3.63. The van der Waals surface area contributed by atoms with Gasteiger partial charge in [0.05, 0.1) is 38.3 Å². The minimum Gasteiger partial charge on any atom is -0.481 e. The molecule has 4 heterocycles. The molecule has 6 rings (SSSR count). The highest BCUT2D eigenvalue weighted by molar-refractivity contribution is 5.75. The van der Waals surface area contributed by atoms with Gasteiger partial charge in [-0.1, -0.05) is 12.1 Å². The lowest BCUT2D eigenvalue weighted by Crippen LogP contribution is -2.18. The van der Waals surface area contributed by atoms with E-state index < -0.39 is 11.9 Å². The third-order valence-electron chi connectivity index (χ3n) is 6.43.